The molecule has 5 aromatic rings. The van der Waals surface area contributed by atoms with Crippen molar-refractivity contribution >= 4 is 143 Å². The summed E-state index contributed by atoms with van der Waals surface area (Å²) < 4.78 is 180. The monoisotopic (exact) mass is 1610 g/mol. The smallest absolute Gasteiger partial charge is 0.228 e. The van der Waals surface area contributed by atoms with Crippen LogP contribution in [0.2, 0.25) is 15.1 Å². The number of carbonyl (C=O) groups is 5. The van der Waals surface area contributed by atoms with Gasteiger partial charge in [0.15, 0.2) is 0 Å². The fraction of sp³-hybridized carbons (Fsp3) is 0.470. The maximum absolute atomic E-state index is 13.5. The first-order chi connectivity index (χ1) is 48.6. The van der Waals surface area contributed by atoms with Crippen LogP contribution in [0.25, 0.3) is 0 Å². The number of halogens is 7. The lowest BCUT2D eigenvalue weighted by atomic mass is 9.98. The number of hydrogen-bond acceptors (Lipinski definition) is 16. The molecule has 5 saturated heterocycles. The van der Waals surface area contributed by atoms with E-state index in [4.69, 9.17) is 39.5 Å². The average Bonchev–Trinajstić information content (AvgIpc) is 0.855. The number of benzene rings is 5. The first kappa shape index (κ1) is 86.3. The molecule has 0 aromatic heterocycles. The number of anilines is 5. The number of nitrogens with zero attached hydrogens (tertiary/aromatic N) is 5. The van der Waals surface area contributed by atoms with E-state index in [2.05, 4.69) is 26.6 Å². The van der Waals surface area contributed by atoms with Crippen molar-refractivity contribution in [2.75, 3.05) is 130 Å². The molecule has 26 nitrogen and oxygen atoms in total. The highest BCUT2D eigenvalue weighted by Crippen LogP contribution is 2.30. The van der Waals surface area contributed by atoms with Gasteiger partial charge in [0.2, 0.25) is 79.7 Å². The van der Waals surface area contributed by atoms with Crippen LogP contribution < -0.4 is 31.3 Å². The Balaban J connectivity index is 0.000000204. The molecule has 5 amide bonds. The van der Waals surface area contributed by atoms with Gasteiger partial charge in [-0.3, -0.25) is 24.0 Å². The van der Waals surface area contributed by atoms with Crippen molar-refractivity contribution in [1.82, 2.24) is 21.5 Å². The van der Waals surface area contributed by atoms with Gasteiger partial charge in [-0.2, -0.15) is 0 Å². The highest BCUT2D eigenvalue weighted by atomic mass is 35.5. The molecular weight excluding hydrogens is 1530 g/mol. The maximum atomic E-state index is 13.5. The van der Waals surface area contributed by atoms with Crippen LogP contribution in [-0.4, -0.2) is 197 Å². The summed E-state index contributed by atoms with van der Waals surface area (Å²) in [5, 5.41) is 13.6. The highest BCUT2D eigenvalue weighted by Gasteiger charge is 2.35. The minimum Gasteiger partial charge on any atom is -0.495 e. The predicted octanol–water partition coefficient (Wildman–Crippen LogP) is 9.01. The standard InChI is InChI=1S/C14H20N2O4S.2C13H16ClFN2O3S.C13H17ClN2O3S.C13H16F2N2O3S/c1-20-13-8-4-3-7-12(13)15-14(17)11-6-5-9-16(10-11)21(2,18)19;2*1-21(19,20)17-6-2-3-9(8-17)13(18)16-10-4-5-11(14)12(15)7-10;1-20(18,19)16-8-4-5-10(9-16)13(17)15-12-7-3-2-6-11(12)14;1-21(19,20)17-6-2-3-9(8-17)13(18)16-12-5-4-10(14)7-11(12)15/h3-4,7-8,11H,5-6,9-10H2,1-2H3,(H,15,17);2*4-5,7,9H,2-3,6,8H2,1H3,(H,16,18);2-3,6-7,10H,4-5,8-9H2,1H3,(H,15,17);4-5,7,9H,2-3,6,8H2,1H3,(H,16,18)/t11-;2*9-;10-;9-/m00000/s1. The summed E-state index contributed by atoms with van der Waals surface area (Å²) in [5.74, 6) is -5.78. The summed E-state index contributed by atoms with van der Waals surface area (Å²) in [6.45, 7) is 3.06. The Labute approximate surface area is 620 Å². The zero-order chi connectivity index (χ0) is 77.1. The molecule has 0 aliphatic carbocycles. The van der Waals surface area contributed by atoms with E-state index in [9.17, 15) is 83.6 Å². The molecule has 5 aromatic carbocycles. The molecule has 0 saturated carbocycles. The number of ether oxygens (including phenoxy) is 1. The Morgan fingerprint density at radius 3 is 0.971 bits per heavy atom. The van der Waals surface area contributed by atoms with Gasteiger partial charge in [0, 0.05) is 82.9 Å². The van der Waals surface area contributed by atoms with Crippen LogP contribution in [-0.2, 0) is 74.1 Å². The van der Waals surface area contributed by atoms with Gasteiger partial charge in [-0.1, -0.05) is 59.1 Å². The van der Waals surface area contributed by atoms with E-state index in [0.717, 1.165) is 43.0 Å². The second-order valence-electron chi connectivity index (χ2n) is 25.3. The van der Waals surface area contributed by atoms with Crippen molar-refractivity contribution in [3.8, 4) is 5.75 Å². The van der Waals surface area contributed by atoms with E-state index in [1.165, 1.54) is 65.4 Å². The van der Waals surface area contributed by atoms with Gasteiger partial charge in [0.25, 0.3) is 0 Å². The first-order valence-electron chi connectivity index (χ1n) is 32.6. The number of rotatable bonds is 16. The number of nitrogens with one attached hydrogen (secondary N) is 5. The quantitative estimate of drug-likeness (QED) is 0.0575. The molecule has 38 heteroatoms. The van der Waals surface area contributed by atoms with Crippen molar-refractivity contribution in [1.29, 1.82) is 0 Å². The maximum Gasteiger partial charge on any atom is 0.228 e. The summed E-state index contributed by atoms with van der Waals surface area (Å²) >= 11 is 17.1. The van der Waals surface area contributed by atoms with Crippen molar-refractivity contribution in [3.63, 3.8) is 0 Å². The molecule has 5 atom stereocenters. The van der Waals surface area contributed by atoms with Crippen LogP contribution in [0.1, 0.15) is 64.2 Å². The van der Waals surface area contributed by atoms with Crippen molar-refractivity contribution in [2.24, 2.45) is 29.6 Å². The van der Waals surface area contributed by atoms with Gasteiger partial charge < -0.3 is 31.3 Å². The molecule has 5 aliphatic heterocycles. The molecule has 574 valence electrons. The lowest BCUT2D eigenvalue weighted by Gasteiger charge is -2.30. The Hall–Kier alpha value is -6.61. The van der Waals surface area contributed by atoms with E-state index in [-0.39, 0.29) is 83.9 Å². The molecule has 5 heterocycles. The zero-order valence-corrected chi connectivity index (χ0v) is 64.1. The van der Waals surface area contributed by atoms with Gasteiger partial charge in [0.05, 0.1) is 100 Å². The summed E-state index contributed by atoms with van der Waals surface area (Å²) in [4.78, 5) is 60.9. The fourth-order valence-electron chi connectivity index (χ4n) is 11.5. The second kappa shape index (κ2) is 38.8. The number of methoxy groups -OCH3 is 1. The number of hydrogen-bond donors (Lipinski definition) is 5. The summed E-state index contributed by atoms with van der Waals surface area (Å²) in [6.07, 6.45) is 12.0. The third-order valence-corrected chi connectivity index (χ3v) is 24.5. The third kappa shape index (κ3) is 27.3. The lowest BCUT2D eigenvalue weighted by Crippen LogP contribution is -2.43. The molecule has 5 N–H and O–H groups in total. The zero-order valence-electron chi connectivity index (χ0n) is 57.8. The molecular formula is C66H85Cl3F4N10O16S5. The van der Waals surface area contributed by atoms with Crippen molar-refractivity contribution in [2.45, 2.75) is 64.2 Å². The Morgan fingerprint density at radius 1 is 0.365 bits per heavy atom. The normalized spacial score (nSPS) is 20.3. The Kier molecular flexibility index (Phi) is 32.2. The molecule has 104 heavy (non-hydrogen) atoms. The van der Waals surface area contributed by atoms with Gasteiger partial charge >= 0.3 is 0 Å². The number of para-hydroxylation sites is 3. The third-order valence-electron chi connectivity index (χ3n) is 17.2. The van der Waals surface area contributed by atoms with E-state index < -0.39 is 97.0 Å². The van der Waals surface area contributed by atoms with Crippen LogP contribution in [0.15, 0.2) is 103 Å². The first-order valence-corrected chi connectivity index (χ1v) is 43.0. The lowest BCUT2D eigenvalue weighted by molar-refractivity contribution is -0.121. The topological polar surface area (TPSA) is 342 Å². The van der Waals surface area contributed by atoms with Crippen molar-refractivity contribution < 1.29 is 88.4 Å². The highest BCUT2D eigenvalue weighted by molar-refractivity contribution is 7.89. The van der Waals surface area contributed by atoms with Crippen LogP contribution in [0, 0.1) is 52.9 Å². The molecule has 5 aliphatic rings. The van der Waals surface area contributed by atoms with Gasteiger partial charge in [-0.05, 0) is 137 Å². The predicted molar refractivity (Wildman–Crippen MR) is 392 cm³/mol. The number of amides is 5. The summed E-state index contributed by atoms with van der Waals surface area (Å²) in [7, 11) is -14.9. The van der Waals surface area contributed by atoms with Gasteiger partial charge in [0.1, 0.15) is 29.0 Å². The van der Waals surface area contributed by atoms with Crippen LogP contribution in [0.4, 0.5) is 46.0 Å². The largest absolute Gasteiger partial charge is 0.495 e. The van der Waals surface area contributed by atoms with E-state index in [1.807, 2.05) is 12.1 Å². The second-order valence-corrected chi connectivity index (χ2v) is 36.4. The minimum absolute atomic E-state index is 0.0195. The summed E-state index contributed by atoms with van der Waals surface area (Å²) in [6, 6.07) is 25.0. The van der Waals surface area contributed by atoms with Crippen molar-refractivity contribution in [3.05, 3.63) is 141 Å². The van der Waals surface area contributed by atoms with Crippen LogP contribution >= 0.6 is 34.8 Å². The Bertz CT molecular complexity index is 4360. The van der Waals surface area contributed by atoms with Gasteiger partial charge in [-0.25, -0.2) is 81.2 Å². The Morgan fingerprint density at radius 2 is 0.663 bits per heavy atom. The minimum atomic E-state index is -3.35. The number of sulfonamides is 5. The number of piperidine rings is 5. The van der Waals surface area contributed by atoms with E-state index in [1.54, 1.807) is 36.4 Å². The summed E-state index contributed by atoms with van der Waals surface area (Å²) in [5.41, 5.74) is 1.65. The van der Waals surface area contributed by atoms with Crippen LogP contribution in [0.3, 0.4) is 0 Å². The molecule has 0 radical (unpaired) electrons. The molecule has 0 spiro atoms. The van der Waals surface area contributed by atoms with E-state index in [0.29, 0.717) is 137 Å². The molecule has 5 fully saturated rings. The van der Waals surface area contributed by atoms with Gasteiger partial charge in [-0.15, -0.1) is 0 Å². The van der Waals surface area contributed by atoms with Crippen LogP contribution in [0.5, 0.6) is 5.75 Å². The van der Waals surface area contributed by atoms with E-state index >= 15 is 0 Å². The molecule has 0 bridgehead atoms. The SMILES string of the molecule is COc1ccccc1NC(=O)[C@H]1CCCN(S(C)(=O)=O)C1.CS(=O)(=O)N1CCC[C@H](C(=O)Nc2ccc(Cl)c(F)c2)C1.CS(=O)(=O)N1CCC[C@H](C(=O)Nc2ccc(Cl)c(F)c2)C1.CS(=O)(=O)N1CCC[C@H](C(=O)Nc2ccc(F)cc2F)C1.CS(=O)(=O)N1CCC[C@H](C(=O)Nc2ccccc2Cl)C1. The molecule has 0 unspecified atom stereocenters. The number of carbonyl (C=O) groups excluding carboxylic acids is 5. The molecule has 10 rings (SSSR count). The average molecular weight is 1620 g/mol. The fourth-order valence-corrected chi connectivity index (χ4v) is 16.5.